The maximum absolute atomic E-state index is 12.1. The van der Waals surface area contributed by atoms with Gasteiger partial charge in [0.25, 0.3) is 0 Å². The van der Waals surface area contributed by atoms with Crippen molar-refractivity contribution in [2.45, 2.75) is 20.0 Å². The molecule has 1 aromatic rings. The van der Waals surface area contributed by atoms with Gasteiger partial charge in [-0.2, -0.15) is 0 Å². The van der Waals surface area contributed by atoms with Crippen molar-refractivity contribution in [1.29, 1.82) is 0 Å². The van der Waals surface area contributed by atoms with Gasteiger partial charge in [0.2, 0.25) is 0 Å². The molecule has 1 aliphatic heterocycles. The summed E-state index contributed by atoms with van der Waals surface area (Å²) in [4.78, 5) is 16.8. The molecule has 5 nitrogen and oxygen atoms in total. The van der Waals surface area contributed by atoms with Gasteiger partial charge in [-0.15, -0.1) is 12.4 Å². The summed E-state index contributed by atoms with van der Waals surface area (Å²) in [5.74, 6) is 0.495. The molecule has 0 N–H and O–H groups in total. The van der Waals surface area contributed by atoms with Gasteiger partial charge in [0.15, 0.2) is 0 Å². The number of halogens is 1. The summed E-state index contributed by atoms with van der Waals surface area (Å²) in [6.45, 7) is 9.48. The van der Waals surface area contributed by atoms with Crippen LogP contribution in [0.5, 0.6) is 5.75 Å². The molecule has 0 aliphatic carbocycles. The van der Waals surface area contributed by atoms with Crippen LogP contribution in [0, 0.1) is 0 Å². The lowest BCUT2D eigenvalue weighted by Crippen LogP contribution is -2.47. The lowest BCUT2D eigenvalue weighted by Gasteiger charge is -2.33. The highest BCUT2D eigenvalue weighted by molar-refractivity contribution is 5.89. The number of hydrogen-bond donors (Lipinski definition) is 0. The van der Waals surface area contributed by atoms with Crippen molar-refractivity contribution in [2.75, 3.05) is 46.4 Å². The molecule has 0 spiro atoms. The maximum Gasteiger partial charge on any atom is 0.338 e. The number of nitrogens with zero attached hydrogens (tertiary/aromatic N) is 2. The second-order valence-electron chi connectivity index (χ2n) is 5.78. The Morgan fingerprint density at radius 2 is 1.78 bits per heavy atom. The molecule has 1 atom stereocenters. The summed E-state index contributed by atoms with van der Waals surface area (Å²) in [6, 6.07) is 7.09. The Balaban J connectivity index is 0.00000264. The molecule has 23 heavy (non-hydrogen) atoms. The maximum atomic E-state index is 12.1. The van der Waals surface area contributed by atoms with Gasteiger partial charge in [0, 0.05) is 32.7 Å². The van der Waals surface area contributed by atoms with E-state index in [9.17, 15) is 4.79 Å². The van der Waals surface area contributed by atoms with Crippen LogP contribution in [0.2, 0.25) is 0 Å². The largest absolute Gasteiger partial charge is 0.494 e. The zero-order valence-electron chi connectivity index (χ0n) is 14.2. The van der Waals surface area contributed by atoms with Gasteiger partial charge >= 0.3 is 5.97 Å². The number of carbonyl (C=O) groups excluding carboxylic acids is 1. The Hall–Kier alpha value is -1.30. The Morgan fingerprint density at radius 3 is 2.35 bits per heavy atom. The molecule has 0 saturated carbocycles. The van der Waals surface area contributed by atoms with Crippen LogP contribution in [0.25, 0.3) is 0 Å². The average molecular weight is 343 g/mol. The number of piperazine rings is 1. The number of carbonyl (C=O) groups is 1. The summed E-state index contributed by atoms with van der Waals surface area (Å²) in [5, 5.41) is 0. The van der Waals surface area contributed by atoms with Gasteiger partial charge < -0.3 is 14.4 Å². The number of hydrogen-bond acceptors (Lipinski definition) is 5. The highest BCUT2D eigenvalue weighted by Gasteiger charge is 2.18. The minimum atomic E-state index is -0.273. The number of benzene rings is 1. The van der Waals surface area contributed by atoms with Gasteiger partial charge in [-0.1, -0.05) is 0 Å². The first-order chi connectivity index (χ1) is 10.6. The van der Waals surface area contributed by atoms with Crippen LogP contribution in [0.3, 0.4) is 0 Å². The van der Waals surface area contributed by atoms with E-state index in [1.807, 2.05) is 13.8 Å². The molecule has 130 valence electrons. The Kier molecular flexibility index (Phi) is 8.37. The molecule has 0 aromatic heterocycles. The molecule has 2 rings (SSSR count). The molecule has 1 aromatic carbocycles. The molecular formula is C17H27ClN2O3. The molecule has 1 saturated heterocycles. The number of rotatable bonds is 6. The first kappa shape index (κ1) is 19.7. The molecule has 0 bridgehead atoms. The van der Waals surface area contributed by atoms with Crippen molar-refractivity contribution in [3.63, 3.8) is 0 Å². The van der Waals surface area contributed by atoms with E-state index in [1.54, 1.807) is 24.3 Å². The van der Waals surface area contributed by atoms with E-state index < -0.39 is 0 Å². The van der Waals surface area contributed by atoms with Crippen LogP contribution in [0.1, 0.15) is 24.2 Å². The monoisotopic (exact) mass is 342 g/mol. The topological polar surface area (TPSA) is 42.0 Å². The second-order valence-corrected chi connectivity index (χ2v) is 5.78. The van der Waals surface area contributed by atoms with Crippen LogP contribution < -0.4 is 4.74 Å². The third-order valence-electron chi connectivity index (χ3n) is 3.82. The Labute approximate surface area is 145 Å². The van der Waals surface area contributed by atoms with Gasteiger partial charge in [-0.25, -0.2) is 4.79 Å². The summed E-state index contributed by atoms with van der Waals surface area (Å²) in [7, 11) is 2.13. The predicted octanol–water partition coefficient (Wildman–Crippen LogP) is 2.30. The summed E-state index contributed by atoms with van der Waals surface area (Å²) in [6.07, 6.45) is -0.109. The summed E-state index contributed by atoms with van der Waals surface area (Å²) < 4.78 is 10.9. The van der Waals surface area contributed by atoms with Crippen LogP contribution in [-0.4, -0.2) is 68.3 Å². The van der Waals surface area contributed by atoms with E-state index in [1.165, 1.54) is 0 Å². The number of esters is 1. The van der Waals surface area contributed by atoms with Gasteiger partial charge in [0.05, 0.1) is 12.2 Å². The van der Waals surface area contributed by atoms with Crippen molar-refractivity contribution in [2.24, 2.45) is 0 Å². The number of ether oxygens (including phenoxy) is 2. The lowest BCUT2D eigenvalue weighted by atomic mass is 10.2. The SMILES string of the molecule is CCOc1ccc(C(=O)OC(C)CN2CCN(C)CC2)cc1.Cl. The van der Waals surface area contributed by atoms with Crippen LogP contribution in [0.4, 0.5) is 0 Å². The second kappa shape index (κ2) is 9.75. The molecular weight excluding hydrogens is 316 g/mol. The fraction of sp³-hybridized carbons (Fsp3) is 0.588. The van der Waals surface area contributed by atoms with E-state index >= 15 is 0 Å². The van der Waals surface area contributed by atoms with Gasteiger partial charge in [0.1, 0.15) is 11.9 Å². The zero-order chi connectivity index (χ0) is 15.9. The van der Waals surface area contributed by atoms with Gasteiger partial charge in [-0.3, -0.25) is 4.90 Å². The molecule has 0 amide bonds. The zero-order valence-corrected chi connectivity index (χ0v) is 15.0. The first-order valence-corrected chi connectivity index (χ1v) is 7.93. The highest BCUT2D eigenvalue weighted by atomic mass is 35.5. The van der Waals surface area contributed by atoms with E-state index in [4.69, 9.17) is 9.47 Å². The standard InChI is InChI=1S/C17H26N2O3.ClH/c1-4-21-16-7-5-15(6-8-16)17(20)22-14(2)13-19-11-9-18(3)10-12-19;/h5-8,14H,4,9-13H2,1-3H3;1H. The van der Waals surface area contributed by atoms with Crippen molar-refractivity contribution in [3.05, 3.63) is 29.8 Å². The predicted molar refractivity (Wildman–Crippen MR) is 93.7 cm³/mol. The third kappa shape index (κ3) is 6.37. The minimum Gasteiger partial charge on any atom is -0.494 e. The lowest BCUT2D eigenvalue weighted by molar-refractivity contribution is 0.0207. The van der Waals surface area contributed by atoms with E-state index in [0.717, 1.165) is 38.5 Å². The quantitative estimate of drug-likeness (QED) is 0.742. The van der Waals surface area contributed by atoms with Crippen LogP contribution in [-0.2, 0) is 4.74 Å². The molecule has 0 radical (unpaired) electrons. The molecule has 1 fully saturated rings. The number of likely N-dealkylation sites (N-methyl/N-ethyl adjacent to an activating group) is 1. The fourth-order valence-electron chi connectivity index (χ4n) is 2.54. The Morgan fingerprint density at radius 1 is 1.17 bits per heavy atom. The average Bonchev–Trinajstić information content (AvgIpc) is 2.50. The first-order valence-electron chi connectivity index (χ1n) is 7.93. The summed E-state index contributed by atoms with van der Waals surface area (Å²) >= 11 is 0. The smallest absolute Gasteiger partial charge is 0.338 e. The third-order valence-corrected chi connectivity index (χ3v) is 3.82. The molecule has 6 heteroatoms. The van der Waals surface area contributed by atoms with Crippen molar-refractivity contribution < 1.29 is 14.3 Å². The summed E-state index contributed by atoms with van der Waals surface area (Å²) in [5.41, 5.74) is 0.564. The molecule has 1 unspecified atom stereocenters. The molecule has 1 aliphatic rings. The van der Waals surface area contributed by atoms with E-state index in [2.05, 4.69) is 16.8 Å². The minimum absolute atomic E-state index is 0. The van der Waals surface area contributed by atoms with E-state index in [0.29, 0.717) is 12.2 Å². The van der Waals surface area contributed by atoms with Crippen LogP contribution >= 0.6 is 12.4 Å². The van der Waals surface area contributed by atoms with E-state index in [-0.39, 0.29) is 24.5 Å². The highest BCUT2D eigenvalue weighted by Crippen LogP contribution is 2.14. The van der Waals surface area contributed by atoms with Crippen molar-refractivity contribution in [1.82, 2.24) is 9.80 Å². The molecule has 1 heterocycles. The Bertz CT molecular complexity index is 473. The van der Waals surface area contributed by atoms with Crippen molar-refractivity contribution in [3.8, 4) is 5.75 Å². The van der Waals surface area contributed by atoms with Gasteiger partial charge in [-0.05, 0) is 45.2 Å². The van der Waals surface area contributed by atoms with Crippen molar-refractivity contribution >= 4 is 18.4 Å². The fourth-order valence-corrected chi connectivity index (χ4v) is 2.54. The van der Waals surface area contributed by atoms with Crippen LogP contribution in [0.15, 0.2) is 24.3 Å². The normalized spacial score (nSPS) is 17.2.